The van der Waals surface area contributed by atoms with Crippen LogP contribution in [0, 0.1) is 28.6 Å². The van der Waals surface area contributed by atoms with Gasteiger partial charge in [-0.2, -0.15) is 0 Å². The minimum Gasteiger partial charge on any atom is -0.469 e. The highest BCUT2D eigenvalue weighted by atomic mass is 16.6. The van der Waals surface area contributed by atoms with Crippen LogP contribution in [0.1, 0.15) is 65.2 Å². The van der Waals surface area contributed by atoms with Crippen LogP contribution in [-0.4, -0.2) is 42.1 Å². The molecule has 8 atom stereocenters. The van der Waals surface area contributed by atoms with Gasteiger partial charge in [0.2, 0.25) is 0 Å². The summed E-state index contributed by atoms with van der Waals surface area (Å²) in [6.07, 6.45) is 7.61. The molecule has 162 valence electrons. The summed E-state index contributed by atoms with van der Waals surface area (Å²) >= 11 is 0. The Hall–Kier alpha value is -1.69. The minimum absolute atomic E-state index is 0.0303. The van der Waals surface area contributed by atoms with E-state index in [9.17, 15) is 14.4 Å². The fraction of sp³-hybridized carbons (Fsp3) is 0.792. The second-order valence-electron chi connectivity index (χ2n) is 11.0. The van der Waals surface area contributed by atoms with Crippen LogP contribution in [0.25, 0.3) is 0 Å². The van der Waals surface area contributed by atoms with Crippen molar-refractivity contribution in [1.82, 2.24) is 0 Å². The number of hydrogen-bond donors (Lipinski definition) is 0. The van der Waals surface area contributed by atoms with Gasteiger partial charge in [0.25, 0.3) is 0 Å². The summed E-state index contributed by atoms with van der Waals surface area (Å²) in [6.45, 7) is 4.51. The zero-order chi connectivity index (χ0) is 21.1. The third kappa shape index (κ3) is 1.94. The number of methoxy groups -OCH3 is 1. The Labute approximate surface area is 176 Å². The van der Waals surface area contributed by atoms with Crippen LogP contribution in [-0.2, 0) is 28.6 Å². The van der Waals surface area contributed by atoms with Crippen molar-refractivity contribution in [2.45, 2.75) is 82.5 Å². The van der Waals surface area contributed by atoms with Gasteiger partial charge in [0.15, 0.2) is 5.78 Å². The lowest BCUT2D eigenvalue weighted by Crippen LogP contribution is -2.63. The maximum absolute atomic E-state index is 13.0. The number of ketones is 1. The van der Waals surface area contributed by atoms with Crippen molar-refractivity contribution in [3.8, 4) is 0 Å². The van der Waals surface area contributed by atoms with Gasteiger partial charge < -0.3 is 14.2 Å². The van der Waals surface area contributed by atoms with Crippen LogP contribution in [0.4, 0.5) is 0 Å². The largest absolute Gasteiger partial charge is 0.469 e. The third-order valence-corrected chi connectivity index (χ3v) is 10.2. The molecule has 0 N–H and O–H groups in total. The Bertz CT molecular complexity index is 907. The maximum atomic E-state index is 13.0. The van der Waals surface area contributed by atoms with Gasteiger partial charge in [-0.15, -0.1) is 0 Å². The number of esters is 2. The lowest BCUT2D eigenvalue weighted by Gasteiger charge is -2.58. The van der Waals surface area contributed by atoms with Crippen LogP contribution in [0.3, 0.4) is 0 Å². The van der Waals surface area contributed by atoms with Crippen molar-refractivity contribution in [3.63, 3.8) is 0 Å². The molecule has 3 saturated carbocycles. The number of carbonyl (C=O) groups excluding carboxylic acids is 3. The second-order valence-corrected chi connectivity index (χ2v) is 11.0. The van der Waals surface area contributed by atoms with Crippen molar-refractivity contribution in [2.24, 2.45) is 28.6 Å². The Morgan fingerprint density at radius 3 is 2.67 bits per heavy atom. The summed E-state index contributed by atoms with van der Waals surface area (Å²) in [5.41, 5.74) is -0.175. The maximum Gasteiger partial charge on any atom is 0.309 e. The zero-order valence-electron chi connectivity index (χ0n) is 18.0. The van der Waals surface area contributed by atoms with E-state index in [1.54, 1.807) is 6.08 Å². The number of carbonyl (C=O) groups is 3. The van der Waals surface area contributed by atoms with Crippen molar-refractivity contribution in [3.05, 3.63) is 11.6 Å². The molecule has 0 unspecified atom stereocenters. The number of ether oxygens (including phenoxy) is 3. The molecular weight excluding hydrogens is 384 g/mol. The topological polar surface area (TPSA) is 82.2 Å². The minimum atomic E-state index is -0.424. The highest BCUT2D eigenvalue weighted by Gasteiger charge is 2.83. The molecule has 30 heavy (non-hydrogen) atoms. The fourth-order valence-electron chi connectivity index (χ4n) is 8.69. The molecule has 0 aromatic rings. The molecule has 6 nitrogen and oxygen atoms in total. The van der Waals surface area contributed by atoms with Gasteiger partial charge in [0.05, 0.1) is 19.1 Å². The van der Waals surface area contributed by atoms with Crippen LogP contribution in [0.15, 0.2) is 11.6 Å². The third-order valence-electron chi connectivity index (χ3n) is 10.2. The lowest BCUT2D eigenvalue weighted by atomic mass is 9.43. The lowest BCUT2D eigenvalue weighted by molar-refractivity contribution is -0.172. The fourth-order valence-corrected chi connectivity index (χ4v) is 8.69. The van der Waals surface area contributed by atoms with E-state index in [1.807, 2.05) is 0 Å². The number of rotatable bonds is 1. The Balaban J connectivity index is 1.49. The molecule has 2 saturated heterocycles. The monoisotopic (exact) mass is 414 g/mol. The summed E-state index contributed by atoms with van der Waals surface area (Å²) in [7, 11) is 1.45. The molecule has 6 rings (SSSR count). The van der Waals surface area contributed by atoms with E-state index in [4.69, 9.17) is 14.2 Å². The van der Waals surface area contributed by atoms with Gasteiger partial charge in [-0.25, -0.2) is 0 Å². The Morgan fingerprint density at radius 2 is 1.97 bits per heavy atom. The predicted octanol–water partition coefficient (Wildman–Crippen LogP) is 3.12. The molecule has 6 heteroatoms. The van der Waals surface area contributed by atoms with Crippen LogP contribution >= 0.6 is 0 Å². The number of fused-ring (bicyclic) bond motifs is 4. The van der Waals surface area contributed by atoms with Crippen molar-refractivity contribution < 1.29 is 28.6 Å². The van der Waals surface area contributed by atoms with E-state index in [0.717, 1.165) is 37.7 Å². The molecule has 0 amide bonds. The summed E-state index contributed by atoms with van der Waals surface area (Å²) in [4.78, 5) is 37.4. The van der Waals surface area contributed by atoms with E-state index >= 15 is 0 Å². The molecule has 0 radical (unpaired) electrons. The standard InChI is InChI=1S/C24H30O6/c1-21-7-4-14(25)10-13(21)11-15(20(27)28-3)19-16-5-8-23(9-6-18(26)30-23)22(16,2)12-17-24(19,21)29-17/h10,15-17,19H,4-9,11-12H2,1-3H3/t15-,16+,17-,19+,21+,22+,23-,24-/m0/s1. The molecule has 4 aliphatic carbocycles. The van der Waals surface area contributed by atoms with E-state index in [0.29, 0.717) is 19.3 Å². The number of hydrogen-bond acceptors (Lipinski definition) is 6. The van der Waals surface area contributed by atoms with E-state index in [-0.39, 0.29) is 52.4 Å². The molecule has 0 aromatic carbocycles. The van der Waals surface area contributed by atoms with Crippen molar-refractivity contribution in [2.75, 3.05) is 7.11 Å². The predicted molar refractivity (Wildman–Crippen MR) is 105 cm³/mol. The van der Waals surface area contributed by atoms with Gasteiger partial charge in [-0.3, -0.25) is 14.4 Å². The summed E-state index contributed by atoms with van der Waals surface area (Å²) in [5.74, 6) is -0.201. The summed E-state index contributed by atoms with van der Waals surface area (Å²) in [6, 6.07) is 0. The average Bonchev–Trinajstić information content (AvgIpc) is 3.20. The van der Waals surface area contributed by atoms with Crippen LogP contribution < -0.4 is 0 Å². The van der Waals surface area contributed by atoms with E-state index < -0.39 is 11.2 Å². The molecule has 6 aliphatic rings. The van der Waals surface area contributed by atoms with Gasteiger partial charge in [0.1, 0.15) is 11.2 Å². The van der Waals surface area contributed by atoms with Crippen LogP contribution in [0.2, 0.25) is 0 Å². The molecule has 2 aliphatic heterocycles. The van der Waals surface area contributed by atoms with Crippen molar-refractivity contribution in [1.29, 1.82) is 0 Å². The SMILES string of the molecule is COC(=O)[C@H]1CC2=CC(=O)CC[C@@]2(C)[C@]23O[C@H]2C[C@]2(C)[C@H](CC[C@]24CCC(=O)O4)[C@@H]13. The molecular formula is C24H30O6. The molecule has 2 spiro atoms. The van der Waals surface area contributed by atoms with Crippen molar-refractivity contribution >= 4 is 17.7 Å². The average molecular weight is 414 g/mol. The van der Waals surface area contributed by atoms with E-state index in [1.165, 1.54) is 7.11 Å². The van der Waals surface area contributed by atoms with Gasteiger partial charge >= 0.3 is 11.9 Å². The quantitative estimate of drug-likeness (QED) is 0.484. The Morgan fingerprint density at radius 1 is 1.17 bits per heavy atom. The first kappa shape index (κ1) is 19.0. The molecule has 5 fully saturated rings. The van der Waals surface area contributed by atoms with Gasteiger partial charge in [-0.1, -0.05) is 19.4 Å². The van der Waals surface area contributed by atoms with Gasteiger partial charge in [-0.05, 0) is 50.5 Å². The Kier molecular flexibility index (Phi) is 3.53. The van der Waals surface area contributed by atoms with Gasteiger partial charge in [0, 0.05) is 29.6 Å². The van der Waals surface area contributed by atoms with E-state index in [2.05, 4.69) is 13.8 Å². The first-order valence-corrected chi connectivity index (χ1v) is 11.4. The first-order chi connectivity index (χ1) is 14.2. The smallest absolute Gasteiger partial charge is 0.309 e. The normalized spacial score (nSPS) is 53.2. The highest BCUT2D eigenvalue weighted by molar-refractivity contribution is 5.92. The number of epoxide rings is 1. The highest BCUT2D eigenvalue weighted by Crippen LogP contribution is 2.78. The second kappa shape index (κ2) is 5.56. The summed E-state index contributed by atoms with van der Waals surface area (Å²) < 4.78 is 17.9. The molecule has 0 bridgehead atoms. The summed E-state index contributed by atoms with van der Waals surface area (Å²) in [5, 5.41) is 0. The molecule has 2 heterocycles. The van der Waals surface area contributed by atoms with Crippen LogP contribution in [0.5, 0.6) is 0 Å². The first-order valence-electron chi connectivity index (χ1n) is 11.4. The zero-order valence-corrected chi connectivity index (χ0v) is 18.0. The molecule has 0 aromatic heterocycles.